The Kier molecular flexibility index (Phi) is 14.9. The van der Waals surface area contributed by atoms with Gasteiger partial charge in [0.2, 0.25) is 11.8 Å². The molecule has 9 aromatic rings. The molecule has 2 aromatic carbocycles. The number of likely N-dealkylation sites (N-methyl/N-ethyl adjacent to an activating group) is 3. The first-order chi connectivity index (χ1) is 41.7. The number of rotatable bonds is 14. The summed E-state index contributed by atoms with van der Waals surface area (Å²) in [5.41, 5.74) is 16.4. The number of hydrogen-bond donors (Lipinski definition) is 0. The third-order valence-electron chi connectivity index (χ3n) is 19.8. The number of aryl methyl sites for hydroxylation is 1. The number of imidazole rings is 1. The third kappa shape index (κ3) is 10.4. The first kappa shape index (κ1) is 54.8. The van der Waals surface area contributed by atoms with Crippen LogP contribution in [0.5, 0.6) is 0 Å². The van der Waals surface area contributed by atoms with E-state index in [0.29, 0.717) is 19.1 Å². The van der Waals surface area contributed by atoms with Crippen molar-refractivity contribution in [1.82, 2.24) is 63.7 Å². The van der Waals surface area contributed by atoms with Gasteiger partial charge in [-0.25, -0.2) is 19.9 Å². The topological polar surface area (TPSA) is 137 Å². The van der Waals surface area contributed by atoms with Crippen molar-refractivity contribution < 1.29 is 8.83 Å². The molecule has 6 fully saturated rings. The van der Waals surface area contributed by atoms with Crippen molar-refractivity contribution in [2.45, 2.75) is 96.2 Å². The summed E-state index contributed by atoms with van der Waals surface area (Å²) in [7, 11) is 6.73. The van der Waals surface area contributed by atoms with Crippen LogP contribution in [-0.2, 0) is 19.6 Å². The van der Waals surface area contributed by atoms with Crippen LogP contribution in [0.3, 0.4) is 0 Å². The molecule has 0 spiro atoms. The van der Waals surface area contributed by atoms with Gasteiger partial charge in [-0.3, -0.25) is 34.0 Å². The second-order valence-corrected chi connectivity index (χ2v) is 26.0. The van der Waals surface area contributed by atoms with E-state index in [2.05, 4.69) is 150 Å². The minimum Gasteiger partial charge on any atom is -0.439 e. The average Bonchev–Trinajstić information content (AvgIpc) is 4.11. The predicted molar refractivity (Wildman–Crippen MR) is 336 cm³/mol. The molecule has 0 bridgehead atoms. The lowest BCUT2D eigenvalue weighted by Gasteiger charge is -2.40. The number of aromatic nitrogens is 7. The summed E-state index contributed by atoms with van der Waals surface area (Å²) in [6, 6.07) is 22.7. The molecular weight excluding hydrogens is 1080 g/mol. The highest BCUT2D eigenvalue weighted by atomic mass is 32.1. The van der Waals surface area contributed by atoms with Gasteiger partial charge < -0.3 is 33.3 Å². The maximum Gasteiger partial charge on any atom is 0.209 e. The highest BCUT2D eigenvalue weighted by Crippen LogP contribution is 2.45. The summed E-state index contributed by atoms with van der Waals surface area (Å²) in [5.74, 6) is 2.75. The second kappa shape index (κ2) is 23.1. The zero-order valence-corrected chi connectivity index (χ0v) is 50.9. The molecule has 7 aromatic heterocycles. The number of anilines is 3. The van der Waals surface area contributed by atoms with Crippen LogP contribution < -0.4 is 14.7 Å². The summed E-state index contributed by atoms with van der Waals surface area (Å²) in [6.45, 7) is 20.0. The molecule has 0 N–H and O–H groups in total. The Morgan fingerprint density at radius 1 is 0.565 bits per heavy atom. The predicted octanol–water partition coefficient (Wildman–Crippen LogP) is 10.2. The molecule has 4 atom stereocenters. The average molecular weight is 1160 g/mol. The molecule has 85 heavy (non-hydrogen) atoms. The monoisotopic (exact) mass is 1160 g/mol. The van der Waals surface area contributed by atoms with E-state index >= 15 is 0 Å². The Hall–Kier alpha value is -6.84. The zero-order valence-electron chi connectivity index (χ0n) is 50.1. The molecule has 0 amide bonds. The van der Waals surface area contributed by atoms with Crippen LogP contribution >= 0.6 is 11.3 Å². The first-order valence-electron chi connectivity index (χ1n) is 31.3. The maximum absolute atomic E-state index is 6.97. The molecule has 15 rings (SSSR count). The van der Waals surface area contributed by atoms with Crippen molar-refractivity contribution in [2.24, 2.45) is 0 Å². The summed E-state index contributed by atoms with van der Waals surface area (Å²) in [5, 5.41) is 3.33. The summed E-state index contributed by atoms with van der Waals surface area (Å²) >= 11 is 1.78. The van der Waals surface area contributed by atoms with Gasteiger partial charge in [-0.1, -0.05) is 18.2 Å². The Balaban J connectivity index is 0.696. The van der Waals surface area contributed by atoms with E-state index < -0.39 is 0 Å². The van der Waals surface area contributed by atoms with Crippen LogP contribution in [0.25, 0.3) is 39.0 Å². The minimum absolute atomic E-state index is 0.112. The fourth-order valence-corrected chi connectivity index (χ4v) is 15.9. The highest BCUT2D eigenvalue weighted by Gasteiger charge is 2.37. The summed E-state index contributed by atoms with van der Waals surface area (Å²) in [4.78, 5) is 53.8. The third-order valence-corrected chi connectivity index (χ3v) is 20.7. The quantitative estimate of drug-likeness (QED) is 0.102. The van der Waals surface area contributed by atoms with Crippen molar-refractivity contribution in [1.29, 1.82) is 0 Å². The van der Waals surface area contributed by atoms with Gasteiger partial charge in [0.25, 0.3) is 0 Å². The van der Waals surface area contributed by atoms with E-state index in [9.17, 15) is 0 Å². The molecule has 6 aliphatic rings. The SMILES string of the molecule is Cc1cccnc1C1CCCN1Cc1nc2c(N3CCN(C)CC3)c(-c3ccnc(C4CCCN4Cc4nc5cccc(N6CCN(C)C(c7cccn8c(N9CCN(C)CC9)c(CN9CCCC9c9nccs9)nc78)C6)c5o4)c3C)ccc2o1. The number of likely N-dealkylation sites (tertiary alicyclic amines) is 3. The second-order valence-electron chi connectivity index (χ2n) is 25.0. The fraction of sp³-hybridized carbons (Fsp3) is 0.485. The fourth-order valence-electron chi connectivity index (χ4n) is 15.1. The van der Waals surface area contributed by atoms with Gasteiger partial charge in [0.15, 0.2) is 11.2 Å². The highest BCUT2D eigenvalue weighted by molar-refractivity contribution is 7.09. The summed E-state index contributed by atoms with van der Waals surface area (Å²) < 4.78 is 16.1. The largest absolute Gasteiger partial charge is 0.439 e. The van der Waals surface area contributed by atoms with Crippen molar-refractivity contribution in [3.63, 3.8) is 0 Å². The van der Waals surface area contributed by atoms with Crippen LogP contribution in [-0.4, -0.2) is 176 Å². The van der Waals surface area contributed by atoms with Gasteiger partial charge >= 0.3 is 0 Å². The normalized spacial score (nSPS) is 22.9. The number of para-hydroxylation sites is 1. The number of benzene rings is 2. The molecule has 18 nitrogen and oxygen atoms in total. The summed E-state index contributed by atoms with van der Waals surface area (Å²) in [6.07, 6.45) is 14.8. The Morgan fingerprint density at radius 2 is 1.27 bits per heavy atom. The van der Waals surface area contributed by atoms with E-state index in [1.807, 2.05) is 24.7 Å². The van der Waals surface area contributed by atoms with E-state index in [-0.39, 0.29) is 18.1 Å². The molecule has 13 heterocycles. The van der Waals surface area contributed by atoms with Gasteiger partial charge in [0, 0.05) is 120 Å². The maximum atomic E-state index is 6.97. The molecule has 0 aliphatic carbocycles. The van der Waals surface area contributed by atoms with Crippen LogP contribution in [0.1, 0.15) is 113 Å². The number of piperazine rings is 3. The number of pyridine rings is 3. The lowest BCUT2D eigenvalue weighted by atomic mass is 9.94. The van der Waals surface area contributed by atoms with E-state index in [4.69, 9.17) is 38.7 Å². The molecule has 6 aliphatic heterocycles. The molecule has 19 heteroatoms. The zero-order chi connectivity index (χ0) is 57.3. The smallest absolute Gasteiger partial charge is 0.209 e. The van der Waals surface area contributed by atoms with Crippen LogP contribution in [0.15, 0.2) is 99.7 Å². The van der Waals surface area contributed by atoms with Gasteiger partial charge in [-0.05, 0) is 152 Å². The Labute approximate surface area is 502 Å². The van der Waals surface area contributed by atoms with Gasteiger partial charge in [0.1, 0.15) is 27.5 Å². The van der Waals surface area contributed by atoms with Crippen molar-refractivity contribution in [3.8, 4) is 11.1 Å². The molecule has 442 valence electrons. The Morgan fingerprint density at radius 3 is 2.02 bits per heavy atom. The van der Waals surface area contributed by atoms with Crippen LogP contribution in [0.4, 0.5) is 17.2 Å². The van der Waals surface area contributed by atoms with Gasteiger partial charge in [-0.2, -0.15) is 0 Å². The van der Waals surface area contributed by atoms with Crippen LogP contribution in [0.2, 0.25) is 0 Å². The number of fused-ring (bicyclic) bond motifs is 3. The van der Waals surface area contributed by atoms with E-state index in [0.717, 1.165) is 187 Å². The molecule has 0 saturated carbocycles. The lowest BCUT2D eigenvalue weighted by molar-refractivity contribution is 0.220. The van der Waals surface area contributed by atoms with Crippen molar-refractivity contribution in [2.75, 3.05) is 127 Å². The molecule has 6 saturated heterocycles. The number of hydrogen-bond acceptors (Lipinski definition) is 18. The standard InChI is InChI=1S/C66H80N16O2S/c1-44-12-7-22-67-59(44)51-16-9-26-79(51)43-58-72-61-56(83-58)20-19-47(62(61)76-34-29-73(3)30-35-76)46-21-23-68-60(45(46)2)52-17-10-27-80(52)42-57-70-49-14-6-15-53(63(49)84-57)81-38-33-75(5)55(41-81)48-13-8-28-82-64(48)71-50(66(82)77-36-31-74(4)32-37-77)40-78-25-11-18-54(78)65-69-24-39-85-65/h6-8,12-15,19-24,28,39,51-52,54-55H,9-11,16-18,25-27,29-38,40-43H2,1-5H3. The van der Waals surface area contributed by atoms with E-state index in [1.54, 1.807) is 11.3 Å². The molecule has 0 radical (unpaired) electrons. The Bertz CT molecular complexity index is 3840. The van der Waals surface area contributed by atoms with Gasteiger partial charge in [-0.15, -0.1) is 11.3 Å². The lowest BCUT2D eigenvalue weighted by Crippen LogP contribution is -2.47. The number of thiazole rings is 1. The van der Waals surface area contributed by atoms with Crippen molar-refractivity contribution in [3.05, 3.63) is 141 Å². The molecular formula is C66H80N16O2S. The number of oxazole rings is 2. The van der Waals surface area contributed by atoms with Crippen LogP contribution in [0, 0.1) is 13.8 Å². The minimum atomic E-state index is 0.112. The number of nitrogens with zero attached hydrogens (tertiary/aromatic N) is 16. The first-order valence-corrected chi connectivity index (χ1v) is 32.2. The van der Waals surface area contributed by atoms with E-state index in [1.165, 1.54) is 56.5 Å². The molecule has 4 unspecified atom stereocenters. The van der Waals surface area contributed by atoms with Gasteiger partial charge in [0.05, 0.1) is 65.7 Å². The van der Waals surface area contributed by atoms with Crippen molar-refractivity contribution >= 4 is 56.4 Å².